The minimum absolute atomic E-state index is 0. The second-order valence-corrected chi connectivity index (χ2v) is 10.4. The fraction of sp³-hybridized carbons (Fsp3) is 0.212. The number of thioether (sulfide) groups is 1. The maximum absolute atomic E-state index is 13.3. The molecule has 0 radical (unpaired) electrons. The Bertz CT molecular complexity index is 1410. The summed E-state index contributed by atoms with van der Waals surface area (Å²) >= 11 is 1.56. The van der Waals surface area contributed by atoms with Gasteiger partial charge in [-0.25, -0.2) is 4.79 Å². The van der Waals surface area contributed by atoms with Crippen LogP contribution in [0.4, 0.5) is 0 Å². The van der Waals surface area contributed by atoms with Gasteiger partial charge in [0.2, 0.25) is 0 Å². The molecule has 0 saturated carbocycles. The van der Waals surface area contributed by atoms with Crippen LogP contribution in [0.3, 0.4) is 0 Å². The summed E-state index contributed by atoms with van der Waals surface area (Å²) in [6, 6.07) is 30.6. The van der Waals surface area contributed by atoms with Gasteiger partial charge in [-0.15, -0.1) is 0 Å². The zero-order valence-corrected chi connectivity index (χ0v) is 23.0. The SMILES string of the molecule is CSCCC(NC(=O)c1ccc(CCc2ccc(Oc3ccccc3)cc2)cc1-c1ccccc1C)C(=O)O.[LiH]. The maximum atomic E-state index is 13.3. The molecule has 5 nitrogen and oxygen atoms in total. The normalized spacial score (nSPS) is 11.2. The first-order chi connectivity index (χ1) is 18.9. The van der Waals surface area contributed by atoms with Gasteiger partial charge in [0.05, 0.1) is 0 Å². The summed E-state index contributed by atoms with van der Waals surface area (Å²) in [7, 11) is 0. The predicted octanol–water partition coefficient (Wildman–Crippen LogP) is 6.53. The van der Waals surface area contributed by atoms with Gasteiger partial charge in [0, 0.05) is 5.56 Å². The third kappa shape index (κ3) is 8.53. The summed E-state index contributed by atoms with van der Waals surface area (Å²) in [6.45, 7) is 2.02. The number of hydrogen-bond donors (Lipinski definition) is 2. The molecule has 1 amide bonds. The summed E-state index contributed by atoms with van der Waals surface area (Å²) < 4.78 is 5.90. The molecule has 0 fully saturated rings. The fourth-order valence-corrected chi connectivity index (χ4v) is 4.88. The van der Waals surface area contributed by atoms with E-state index in [1.165, 1.54) is 5.56 Å². The first-order valence-corrected chi connectivity index (χ1v) is 14.4. The number of aliphatic carboxylic acids is 1. The monoisotopic (exact) mass is 547 g/mol. The summed E-state index contributed by atoms with van der Waals surface area (Å²) in [5.41, 5.74) is 5.59. The van der Waals surface area contributed by atoms with E-state index in [4.69, 9.17) is 4.74 Å². The van der Waals surface area contributed by atoms with E-state index in [0.29, 0.717) is 17.7 Å². The van der Waals surface area contributed by atoms with Crippen molar-refractivity contribution >= 4 is 42.5 Å². The number of para-hydroxylation sites is 1. The predicted molar refractivity (Wildman–Crippen MR) is 166 cm³/mol. The second-order valence-electron chi connectivity index (χ2n) is 9.40. The van der Waals surface area contributed by atoms with Gasteiger partial charge >= 0.3 is 24.8 Å². The number of benzene rings is 4. The number of rotatable bonds is 12. The van der Waals surface area contributed by atoms with Gasteiger partial charge in [0.15, 0.2) is 0 Å². The van der Waals surface area contributed by atoms with Gasteiger partial charge in [0.1, 0.15) is 17.5 Å². The molecule has 1 unspecified atom stereocenters. The Morgan fingerprint density at radius 3 is 2.12 bits per heavy atom. The molecular weight excluding hydrogens is 513 g/mol. The average Bonchev–Trinajstić information content (AvgIpc) is 2.95. The topological polar surface area (TPSA) is 75.6 Å². The zero-order chi connectivity index (χ0) is 27.6. The molecule has 0 aliphatic carbocycles. The summed E-state index contributed by atoms with van der Waals surface area (Å²) in [5.74, 6) is 0.852. The van der Waals surface area contributed by atoms with Crippen LogP contribution in [0.25, 0.3) is 11.1 Å². The van der Waals surface area contributed by atoms with E-state index in [1.54, 1.807) is 11.8 Å². The van der Waals surface area contributed by atoms with Crippen molar-refractivity contribution in [2.75, 3.05) is 12.0 Å². The van der Waals surface area contributed by atoms with Gasteiger partial charge in [-0.3, -0.25) is 4.79 Å². The quantitative estimate of drug-likeness (QED) is 0.197. The summed E-state index contributed by atoms with van der Waals surface area (Å²) in [6.07, 6.45) is 3.92. The molecule has 7 heteroatoms. The van der Waals surface area contributed by atoms with E-state index in [2.05, 4.69) is 23.5 Å². The van der Waals surface area contributed by atoms with E-state index in [9.17, 15) is 14.7 Å². The number of nitrogens with one attached hydrogen (secondary N) is 1. The fourth-order valence-electron chi connectivity index (χ4n) is 4.41. The van der Waals surface area contributed by atoms with Gasteiger partial charge < -0.3 is 15.2 Å². The second kappa shape index (κ2) is 15.4. The summed E-state index contributed by atoms with van der Waals surface area (Å²) in [4.78, 5) is 25.0. The van der Waals surface area contributed by atoms with E-state index in [1.807, 2.05) is 92.0 Å². The first-order valence-electron chi connectivity index (χ1n) is 13.0. The van der Waals surface area contributed by atoms with Crippen LogP contribution >= 0.6 is 11.8 Å². The van der Waals surface area contributed by atoms with Crippen LogP contribution in [-0.4, -0.2) is 53.9 Å². The number of carbonyl (C=O) groups excluding carboxylic acids is 1. The molecule has 202 valence electrons. The number of hydrogen-bond acceptors (Lipinski definition) is 4. The van der Waals surface area contributed by atoms with Crippen LogP contribution < -0.4 is 10.1 Å². The van der Waals surface area contributed by atoms with Gasteiger partial charge in [0.25, 0.3) is 5.91 Å². The molecule has 0 spiro atoms. The van der Waals surface area contributed by atoms with E-state index < -0.39 is 12.0 Å². The molecule has 0 aromatic heterocycles. The van der Waals surface area contributed by atoms with Crippen LogP contribution in [0.15, 0.2) is 97.1 Å². The number of carboxylic acid groups (broad SMARTS) is 1. The van der Waals surface area contributed by atoms with Gasteiger partial charge in [-0.05, 0) is 96.3 Å². The third-order valence-corrected chi connectivity index (χ3v) is 7.23. The Labute approximate surface area is 252 Å². The molecule has 0 bridgehead atoms. The number of carbonyl (C=O) groups is 2. The van der Waals surface area contributed by atoms with Crippen LogP contribution in [0.5, 0.6) is 11.5 Å². The van der Waals surface area contributed by atoms with Crippen LogP contribution in [0.2, 0.25) is 0 Å². The Kier molecular flexibility index (Phi) is 12.0. The first kappa shape index (κ1) is 31.1. The average molecular weight is 548 g/mol. The van der Waals surface area contributed by atoms with Gasteiger partial charge in [-0.1, -0.05) is 66.7 Å². The molecule has 0 aliphatic rings. The zero-order valence-electron chi connectivity index (χ0n) is 22.2. The van der Waals surface area contributed by atoms with E-state index in [0.717, 1.165) is 46.6 Å². The number of aryl methyl sites for hydroxylation is 3. The molecule has 4 aromatic rings. The molecular formula is C33H34LiNO4S. The third-order valence-electron chi connectivity index (χ3n) is 6.58. The Balaban J connectivity index is 0.00000441. The number of amides is 1. The van der Waals surface area contributed by atoms with Crippen molar-refractivity contribution in [2.24, 2.45) is 0 Å². The van der Waals surface area contributed by atoms with Crippen molar-refractivity contribution in [1.82, 2.24) is 5.32 Å². The Hall–Kier alpha value is -3.43. The Morgan fingerprint density at radius 2 is 1.45 bits per heavy atom. The van der Waals surface area contributed by atoms with Crippen molar-refractivity contribution in [2.45, 2.75) is 32.2 Å². The van der Waals surface area contributed by atoms with Crippen LogP contribution in [-0.2, 0) is 17.6 Å². The van der Waals surface area contributed by atoms with Crippen molar-refractivity contribution in [3.8, 4) is 22.6 Å². The van der Waals surface area contributed by atoms with Crippen molar-refractivity contribution in [1.29, 1.82) is 0 Å². The minimum atomic E-state index is -1.02. The molecule has 2 N–H and O–H groups in total. The molecule has 0 saturated heterocycles. The molecule has 1 atom stereocenters. The van der Waals surface area contributed by atoms with Gasteiger partial charge in [-0.2, -0.15) is 11.8 Å². The standard InChI is InChI=1S/C33H33NO4S.Li.H/c1-23-8-6-7-11-28(23)30-22-25(16-19-29(30)32(35)34-31(33(36)37)20-21-39-2)13-12-24-14-17-27(18-15-24)38-26-9-4-3-5-10-26;;/h3-11,14-19,22,31H,12-13,20-21H2,1-2H3,(H,34,35)(H,36,37);;. The molecule has 0 heterocycles. The van der Waals surface area contributed by atoms with Crippen LogP contribution in [0, 0.1) is 6.92 Å². The van der Waals surface area contributed by atoms with Crippen molar-refractivity contribution in [3.05, 3.63) is 119 Å². The Morgan fingerprint density at radius 1 is 0.825 bits per heavy atom. The van der Waals surface area contributed by atoms with Crippen molar-refractivity contribution < 1.29 is 19.4 Å². The molecule has 4 rings (SSSR count). The van der Waals surface area contributed by atoms with Crippen LogP contribution in [0.1, 0.15) is 33.5 Å². The number of ether oxygens (including phenoxy) is 1. The molecule has 0 aliphatic heterocycles. The molecule has 40 heavy (non-hydrogen) atoms. The molecule has 4 aromatic carbocycles. The number of carboxylic acids is 1. The van der Waals surface area contributed by atoms with E-state index >= 15 is 0 Å². The summed E-state index contributed by atoms with van der Waals surface area (Å²) in [5, 5.41) is 12.3. The van der Waals surface area contributed by atoms with Crippen molar-refractivity contribution in [3.63, 3.8) is 0 Å². The van der Waals surface area contributed by atoms with E-state index in [-0.39, 0.29) is 24.8 Å².